The van der Waals surface area contributed by atoms with Crippen molar-refractivity contribution in [2.24, 2.45) is 0 Å². The summed E-state index contributed by atoms with van der Waals surface area (Å²) in [5, 5.41) is 0. The van der Waals surface area contributed by atoms with Crippen LogP contribution in [0.15, 0.2) is 36.4 Å². The van der Waals surface area contributed by atoms with Crippen LogP contribution < -0.4 is 9.47 Å². The SMILES string of the molecule is COc1ccc(OC)c(C2CCCN2C(=O)c2ccc3nc(C)c(C)nc3c2)c1. The number of methoxy groups -OCH3 is 2. The van der Waals surface area contributed by atoms with Crippen molar-refractivity contribution in [3.8, 4) is 11.5 Å². The van der Waals surface area contributed by atoms with Gasteiger partial charge in [-0.3, -0.25) is 4.79 Å². The molecule has 0 radical (unpaired) electrons. The highest BCUT2D eigenvalue weighted by Gasteiger charge is 2.33. The molecule has 1 atom stereocenters. The first-order chi connectivity index (χ1) is 14.0. The van der Waals surface area contributed by atoms with Gasteiger partial charge in [0.2, 0.25) is 0 Å². The lowest BCUT2D eigenvalue weighted by molar-refractivity contribution is 0.0734. The Kier molecular flexibility index (Phi) is 5.09. The Morgan fingerprint density at radius 1 is 1.00 bits per heavy atom. The van der Waals surface area contributed by atoms with Crippen molar-refractivity contribution < 1.29 is 14.3 Å². The molecule has 6 nitrogen and oxygen atoms in total. The van der Waals surface area contributed by atoms with E-state index in [2.05, 4.69) is 9.97 Å². The van der Waals surface area contributed by atoms with Crippen molar-refractivity contribution in [1.29, 1.82) is 0 Å². The molecular weight excluding hydrogens is 366 g/mol. The van der Waals surface area contributed by atoms with E-state index in [1.807, 2.05) is 55.1 Å². The maximum absolute atomic E-state index is 13.4. The number of fused-ring (bicyclic) bond motifs is 1. The Bertz CT molecular complexity index is 1080. The number of rotatable bonds is 4. The van der Waals surface area contributed by atoms with Gasteiger partial charge in [-0.15, -0.1) is 0 Å². The minimum Gasteiger partial charge on any atom is -0.497 e. The number of amides is 1. The highest BCUT2D eigenvalue weighted by molar-refractivity contribution is 5.97. The lowest BCUT2D eigenvalue weighted by atomic mass is 10.0. The van der Waals surface area contributed by atoms with E-state index in [0.29, 0.717) is 12.1 Å². The Morgan fingerprint density at radius 3 is 2.48 bits per heavy atom. The second-order valence-corrected chi connectivity index (χ2v) is 7.36. The summed E-state index contributed by atoms with van der Waals surface area (Å²) in [6.45, 7) is 4.58. The number of aryl methyl sites for hydroxylation is 2. The molecule has 1 aliphatic rings. The predicted molar refractivity (Wildman–Crippen MR) is 112 cm³/mol. The van der Waals surface area contributed by atoms with Gasteiger partial charge in [0, 0.05) is 17.7 Å². The van der Waals surface area contributed by atoms with Crippen molar-refractivity contribution in [2.45, 2.75) is 32.7 Å². The van der Waals surface area contributed by atoms with Crippen LogP contribution in [0.3, 0.4) is 0 Å². The van der Waals surface area contributed by atoms with Gasteiger partial charge in [-0.05, 0) is 63.1 Å². The van der Waals surface area contributed by atoms with Crippen LogP contribution in [0.2, 0.25) is 0 Å². The highest BCUT2D eigenvalue weighted by Crippen LogP contribution is 2.39. The van der Waals surface area contributed by atoms with Crippen molar-refractivity contribution >= 4 is 16.9 Å². The van der Waals surface area contributed by atoms with Crippen LogP contribution in [0.5, 0.6) is 11.5 Å². The molecule has 150 valence electrons. The molecule has 1 fully saturated rings. The fourth-order valence-corrected chi connectivity index (χ4v) is 3.96. The number of hydrogen-bond acceptors (Lipinski definition) is 5. The number of hydrogen-bond donors (Lipinski definition) is 0. The normalized spacial score (nSPS) is 16.3. The molecule has 0 spiro atoms. The van der Waals surface area contributed by atoms with Gasteiger partial charge in [0.25, 0.3) is 5.91 Å². The van der Waals surface area contributed by atoms with Crippen LogP contribution >= 0.6 is 0 Å². The summed E-state index contributed by atoms with van der Waals surface area (Å²) in [4.78, 5) is 24.5. The van der Waals surface area contributed by atoms with Gasteiger partial charge in [0.05, 0.1) is 42.7 Å². The quantitative estimate of drug-likeness (QED) is 0.666. The van der Waals surface area contributed by atoms with E-state index >= 15 is 0 Å². The van der Waals surface area contributed by atoms with Gasteiger partial charge in [-0.1, -0.05) is 0 Å². The van der Waals surface area contributed by atoms with Gasteiger partial charge >= 0.3 is 0 Å². The molecule has 0 saturated carbocycles. The number of nitrogens with zero attached hydrogens (tertiary/aromatic N) is 3. The minimum absolute atomic E-state index is 0.000647. The molecule has 3 aromatic rings. The number of aromatic nitrogens is 2. The number of benzene rings is 2. The smallest absolute Gasteiger partial charge is 0.254 e. The number of ether oxygens (including phenoxy) is 2. The molecule has 1 aliphatic heterocycles. The lowest BCUT2D eigenvalue weighted by Gasteiger charge is -2.27. The molecule has 2 aromatic carbocycles. The standard InChI is InChI=1S/C23H25N3O3/c1-14-15(2)25-20-12-16(7-9-19(20)24-14)23(27)26-11-5-6-21(26)18-13-17(28-3)8-10-22(18)29-4/h7-10,12-13,21H,5-6,11H2,1-4H3. The van der Waals surface area contributed by atoms with E-state index in [1.165, 1.54) is 0 Å². The molecule has 1 amide bonds. The first-order valence-corrected chi connectivity index (χ1v) is 9.79. The summed E-state index contributed by atoms with van der Waals surface area (Å²) < 4.78 is 11.0. The van der Waals surface area contributed by atoms with E-state index < -0.39 is 0 Å². The van der Waals surface area contributed by atoms with Crippen molar-refractivity contribution in [3.63, 3.8) is 0 Å². The minimum atomic E-state index is -0.0471. The van der Waals surface area contributed by atoms with Gasteiger partial charge in [0.1, 0.15) is 11.5 Å². The topological polar surface area (TPSA) is 64.6 Å². The average Bonchev–Trinajstić information content (AvgIpc) is 3.23. The van der Waals surface area contributed by atoms with E-state index in [4.69, 9.17) is 9.47 Å². The molecule has 4 rings (SSSR count). The van der Waals surface area contributed by atoms with E-state index in [9.17, 15) is 4.79 Å². The Balaban J connectivity index is 1.70. The largest absolute Gasteiger partial charge is 0.497 e. The van der Waals surface area contributed by atoms with E-state index in [-0.39, 0.29) is 11.9 Å². The van der Waals surface area contributed by atoms with Crippen LogP contribution in [0.1, 0.15) is 46.2 Å². The van der Waals surface area contributed by atoms with Gasteiger partial charge in [-0.2, -0.15) is 0 Å². The molecular formula is C23H25N3O3. The van der Waals surface area contributed by atoms with Gasteiger partial charge in [-0.25, -0.2) is 9.97 Å². The fourth-order valence-electron chi connectivity index (χ4n) is 3.96. The summed E-state index contributed by atoms with van der Waals surface area (Å²) in [7, 11) is 3.29. The third kappa shape index (κ3) is 3.50. The van der Waals surface area contributed by atoms with Crippen molar-refractivity contribution in [2.75, 3.05) is 20.8 Å². The monoisotopic (exact) mass is 391 g/mol. The average molecular weight is 391 g/mol. The molecule has 1 saturated heterocycles. The van der Waals surface area contributed by atoms with Crippen LogP contribution in [0, 0.1) is 13.8 Å². The summed E-state index contributed by atoms with van der Waals surface area (Å²) in [5.74, 6) is 1.53. The molecule has 0 bridgehead atoms. The lowest BCUT2D eigenvalue weighted by Crippen LogP contribution is -2.30. The van der Waals surface area contributed by atoms with Crippen LogP contribution in [0.4, 0.5) is 0 Å². The highest BCUT2D eigenvalue weighted by atomic mass is 16.5. The van der Waals surface area contributed by atoms with E-state index in [0.717, 1.165) is 52.3 Å². The zero-order valence-electron chi connectivity index (χ0n) is 17.2. The first-order valence-electron chi connectivity index (χ1n) is 9.79. The predicted octanol–water partition coefficient (Wildman–Crippen LogP) is 4.24. The fraction of sp³-hybridized carbons (Fsp3) is 0.348. The molecule has 1 aromatic heterocycles. The molecule has 0 aliphatic carbocycles. The maximum Gasteiger partial charge on any atom is 0.254 e. The Morgan fingerprint density at radius 2 is 1.76 bits per heavy atom. The second kappa shape index (κ2) is 7.70. The maximum atomic E-state index is 13.4. The molecule has 2 heterocycles. The molecule has 1 unspecified atom stereocenters. The molecule has 0 N–H and O–H groups in total. The number of carbonyl (C=O) groups excluding carboxylic acids is 1. The Labute approximate surface area is 170 Å². The van der Waals surface area contributed by atoms with Crippen LogP contribution in [0.25, 0.3) is 11.0 Å². The third-order valence-electron chi connectivity index (χ3n) is 5.63. The zero-order chi connectivity index (χ0) is 20.5. The summed E-state index contributed by atoms with van der Waals surface area (Å²) in [6.07, 6.45) is 1.84. The second-order valence-electron chi connectivity index (χ2n) is 7.36. The summed E-state index contributed by atoms with van der Waals surface area (Å²) in [6, 6.07) is 11.2. The first kappa shape index (κ1) is 19.2. The number of likely N-dealkylation sites (tertiary alicyclic amines) is 1. The summed E-state index contributed by atoms with van der Waals surface area (Å²) >= 11 is 0. The van der Waals surface area contributed by atoms with Crippen LogP contribution in [-0.2, 0) is 0 Å². The Hall–Kier alpha value is -3.15. The van der Waals surface area contributed by atoms with Gasteiger partial charge < -0.3 is 14.4 Å². The summed E-state index contributed by atoms with van der Waals surface area (Å²) in [5.41, 5.74) is 4.93. The van der Waals surface area contributed by atoms with E-state index in [1.54, 1.807) is 14.2 Å². The molecule has 6 heteroatoms. The van der Waals surface area contributed by atoms with Crippen molar-refractivity contribution in [1.82, 2.24) is 14.9 Å². The third-order valence-corrected chi connectivity index (χ3v) is 5.63. The zero-order valence-corrected chi connectivity index (χ0v) is 17.2. The van der Waals surface area contributed by atoms with Gasteiger partial charge in [0.15, 0.2) is 0 Å². The van der Waals surface area contributed by atoms with Crippen LogP contribution in [-0.4, -0.2) is 41.5 Å². The molecule has 29 heavy (non-hydrogen) atoms. The number of carbonyl (C=O) groups is 1. The van der Waals surface area contributed by atoms with Crippen molar-refractivity contribution in [3.05, 3.63) is 58.9 Å².